The Morgan fingerprint density at radius 1 is 1.19 bits per heavy atom. The lowest BCUT2D eigenvalue weighted by molar-refractivity contribution is -0.143. The highest BCUT2D eigenvalue weighted by atomic mass is 19.1. The number of ether oxygens (including phenoxy) is 1. The maximum Gasteiger partial charge on any atom is 0.326 e. The summed E-state index contributed by atoms with van der Waals surface area (Å²) in [4.78, 5) is 32.8. The van der Waals surface area contributed by atoms with Gasteiger partial charge in [-0.05, 0) is 30.7 Å². The molecule has 0 aliphatic carbocycles. The van der Waals surface area contributed by atoms with Gasteiger partial charge in [0.2, 0.25) is 0 Å². The lowest BCUT2D eigenvalue weighted by Gasteiger charge is -2.13. The van der Waals surface area contributed by atoms with Crippen molar-refractivity contribution in [2.24, 2.45) is 0 Å². The highest BCUT2D eigenvalue weighted by molar-refractivity contribution is 5.84. The standard InChI is InChI=1S/C13H14FNO6/c14-8-1-3-9(4-2-8)21-7-11(16)15-10(13(19)20)5-6-12(17)18/h1-4,10H,5-7H2,(H,15,16)(H,17,18)(H,19,20)/t10-/m0/s1. The summed E-state index contributed by atoms with van der Waals surface area (Å²) in [5.74, 6) is -3.39. The van der Waals surface area contributed by atoms with Crippen molar-refractivity contribution in [3.05, 3.63) is 30.1 Å². The maximum absolute atomic E-state index is 12.6. The number of hydrogen-bond acceptors (Lipinski definition) is 4. The summed E-state index contributed by atoms with van der Waals surface area (Å²) >= 11 is 0. The Kier molecular flexibility index (Phi) is 6.12. The molecule has 0 aromatic heterocycles. The largest absolute Gasteiger partial charge is 0.484 e. The molecule has 0 fully saturated rings. The molecule has 1 atom stereocenters. The summed E-state index contributed by atoms with van der Waals surface area (Å²) < 4.78 is 17.7. The van der Waals surface area contributed by atoms with Crippen molar-refractivity contribution in [3.8, 4) is 5.75 Å². The third-order valence-corrected chi connectivity index (χ3v) is 2.46. The fourth-order valence-electron chi connectivity index (χ4n) is 1.44. The van der Waals surface area contributed by atoms with Crippen LogP contribution in [-0.4, -0.2) is 40.7 Å². The second-order valence-electron chi connectivity index (χ2n) is 4.13. The van der Waals surface area contributed by atoms with Crippen LogP contribution in [0, 0.1) is 5.82 Å². The zero-order valence-corrected chi connectivity index (χ0v) is 10.9. The molecule has 0 unspecified atom stereocenters. The van der Waals surface area contributed by atoms with Gasteiger partial charge in [-0.15, -0.1) is 0 Å². The molecule has 1 aromatic carbocycles. The first-order valence-electron chi connectivity index (χ1n) is 6.01. The van der Waals surface area contributed by atoms with E-state index in [9.17, 15) is 18.8 Å². The molecule has 0 saturated heterocycles. The van der Waals surface area contributed by atoms with Crippen molar-refractivity contribution in [3.63, 3.8) is 0 Å². The Morgan fingerprint density at radius 2 is 1.81 bits per heavy atom. The number of aliphatic carboxylic acids is 2. The predicted molar refractivity (Wildman–Crippen MR) is 68.3 cm³/mol. The third-order valence-electron chi connectivity index (χ3n) is 2.46. The maximum atomic E-state index is 12.6. The number of carboxylic acids is 2. The lowest BCUT2D eigenvalue weighted by atomic mass is 10.1. The van der Waals surface area contributed by atoms with Gasteiger partial charge < -0.3 is 20.3 Å². The quantitative estimate of drug-likeness (QED) is 0.649. The van der Waals surface area contributed by atoms with E-state index in [2.05, 4.69) is 5.32 Å². The molecule has 0 spiro atoms. The average Bonchev–Trinajstić information content (AvgIpc) is 2.42. The van der Waals surface area contributed by atoms with Gasteiger partial charge in [-0.2, -0.15) is 0 Å². The third kappa shape index (κ3) is 6.37. The van der Waals surface area contributed by atoms with Crippen molar-refractivity contribution >= 4 is 17.8 Å². The van der Waals surface area contributed by atoms with Gasteiger partial charge in [0.1, 0.15) is 17.6 Å². The van der Waals surface area contributed by atoms with Crippen LogP contribution in [-0.2, 0) is 14.4 Å². The van der Waals surface area contributed by atoms with Crippen LogP contribution in [0.4, 0.5) is 4.39 Å². The van der Waals surface area contributed by atoms with Crippen molar-refractivity contribution in [1.82, 2.24) is 5.32 Å². The molecule has 3 N–H and O–H groups in total. The molecule has 1 amide bonds. The Labute approximate surface area is 119 Å². The van der Waals surface area contributed by atoms with Crippen LogP contribution < -0.4 is 10.1 Å². The van der Waals surface area contributed by atoms with Crippen molar-refractivity contribution in [1.29, 1.82) is 0 Å². The second-order valence-corrected chi connectivity index (χ2v) is 4.13. The average molecular weight is 299 g/mol. The molecule has 0 bridgehead atoms. The summed E-state index contributed by atoms with van der Waals surface area (Å²) in [5.41, 5.74) is 0. The number of rotatable bonds is 8. The zero-order chi connectivity index (χ0) is 15.8. The van der Waals surface area contributed by atoms with E-state index in [1.807, 2.05) is 0 Å². The van der Waals surface area contributed by atoms with Crippen LogP contribution in [0.25, 0.3) is 0 Å². The lowest BCUT2D eigenvalue weighted by Crippen LogP contribution is -2.43. The SMILES string of the molecule is O=C(O)CC[C@H](NC(=O)COc1ccc(F)cc1)C(=O)O. The number of carbonyl (C=O) groups is 3. The Bertz CT molecular complexity index is 516. The molecule has 8 heteroatoms. The molecule has 0 aliphatic rings. The van der Waals surface area contributed by atoms with Crippen LogP contribution in [0.15, 0.2) is 24.3 Å². The van der Waals surface area contributed by atoms with E-state index in [-0.39, 0.29) is 18.6 Å². The summed E-state index contributed by atoms with van der Waals surface area (Å²) in [7, 11) is 0. The molecule has 1 rings (SSSR count). The monoisotopic (exact) mass is 299 g/mol. The predicted octanol–water partition coefficient (Wildman–Crippen LogP) is 0.639. The van der Waals surface area contributed by atoms with Crippen molar-refractivity contribution < 1.29 is 33.7 Å². The molecular formula is C13H14FNO6. The highest BCUT2D eigenvalue weighted by Crippen LogP contribution is 2.10. The second kappa shape index (κ2) is 7.83. The van der Waals surface area contributed by atoms with E-state index in [4.69, 9.17) is 14.9 Å². The topological polar surface area (TPSA) is 113 Å². The van der Waals surface area contributed by atoms with Gasteiger partial charge in [0.05, 0.1) is 0 Å². The zero-order valence-electron chi connectivity index (χ0n) is 10.9. The molecule has 0 aliphatic heterocycles. The smallest absolute Gasteiger partial charge is 0.326 e. The van der Waals surface area contributed by atoms with Crippen molar-refractivity contribution in [2.45, 2.75) is 18.9 Å². The van der Waals surface area contributed by atoms with Gasteiger partial charge >= 0.3 is 11.9 Å². The number of halogens is 1. The van der Waals surface area contributed by atoms with Gasteiger partial charge in [0.25, 0.3) is 5.91 Å². The van der Waals surface area contributed by atoms with Gasteiger partial charge in [0, 0.05) is 6.42 Å². The van der Waals surface area contributed by atoms with Gasteiger partial charge in [-0.3, -0.25) is 9.59 Å². The van der Waals surface area contributed by atoms with E-state index in [1.54, 1.807) is 0 Å². The molecule has 1 aromatic rings. The highest BCUT2D eigenvalue weighted by Gasteiger charge is 2.21. The first-order valence-corrected chi connectivity index (χ1v) is 6.01. The van der Waals surface area contributed by atoms with Crippen molar-refractivity contribution in [2.75, 3.05) is 6.61 Å². The minimum Gasteiger partial charge on any atom is -0.484 e. The summed E-state index contributed by atoms with van der Waals surface area (Å²) in [6.07, 6.45) is -0.608. The first kappa shape index (κ1) is 16.4. The van der Waals surface area contributed by atoms with Gasteiger partial charge in [0.15, 0.2) is 6.61 Å². The fourth-order valence-corrected chi connectivity index (χ4v) is 1.44. The molecule has 7 nitrogen and oxygen atoms in total. The van der Waals surface area contributed by atoms with E-state index in [0.29, 0.717) is 0 Å². The first-order chi connectivity index (χ1) is 9.88. The Hall–Kier alpha value is -2.64. The molecular weight excluding hydrogens is 285 g/mol. The minimum atomic E-state index is -1.33. The van der Waals surface area contributed by atoms with E-state index in [1.165, 1.54) is 12.1 Å². The van der Waals surface area contributed by atoms with Crippen LogP contribution >= 0.6 is 0 Å². The molecule has 21 heavy (non-hydrogen) atoms. The number of hydrogen-bond donors (Lipinski definition) is 3. The fraction of sp³-hybridized carbons (Fsp3) is 0.308. The molecule has 114 valence electrons. The van der Waals surface area contributed by atoms with Gasteiger partial charge in [-0.25, -0.2) is 9.18 Å². The van der Waals surface area contributed by atoms with Crippen LogP contribution in [0.3, 0.4) is 0 Å². The number of amides is 1. The van der Waals surface area contributed by atoms with Crippen LogP contribution in [0.2, 0.25) is 0 Å². The molecule has 0 saturated carbocycles. The van der Waals surface area contributed by atoms with E-state index in [0.717, 1.165) is 12.1 Å². The number of benzene rings is 1. The van der Waals surface area contributed by atoms with Crippen LogP contribution in [0.5, 0.6) is 5.75 Å². The number of carboxylic acid groups (broad SMARTS) is 2. The van der Waals surface area contributed by atoms with Crippen LogP contribution in [0.1, 0.15) is 12.8 Å². The molecule has 0 heterocycles. The summed E-state index contributed by atoms with van der Waals surface area (Å²) in [6.45, 7) is -0.456. The summed E-state index contributed by atoms with van der Waals surface area (Å²) in [5, 5.41) is 19.5. The Balaban J connectivity index is 2.44. The normalized spacial score (nSPS) is 11.5. The number of nitrogens with one attached hydrogen (secondary N) is 1. The van der Waals surface area contributed by atoms with E-state index < -0.39 is 36.3 Å². The number of carbonyl (C=O) groups excluding carboxylic acids is 1. The van der Waals surface area contributed by atoms with E-state index >= 15 is 0 Å². The molecule has 0 radical (unpaired) electrons. The Morgan fingerprint density at radius 3 is 2.33 bits per heavy atom. The minimum absolute atomic E-state index is 0.229. The van der Waals surface area contributed by atoms with Gasteiger partial charge in [-0.1, -0.05) is 0 Å². The summed E-state index contributed by atoms with van der Waals surface area (Å²) in [6, 6.07) is 3.65.